The normalized spacial score (nSPS) is 14.9. The Morgan fingerprint density at radius 1 is 1.18 bits per heavy atom. The first-order valence-corrected chi connectivity index (χ1v) is 5.67. The number of carbonyl (C=O) groups excluding carboxylic acids is 1. The Kier molecular flexibility index (Phi) is 3.47. The molecule has 0 amide bonds. The van der Waals surface area contributed by atoms with E-state index in [1.54, 1.807) is 32.4 Å². The molecule has 3 nitrogen and oxygen atoms in total. The van der Waals surface area contributed by atoms with Crippen LogP contribution in [0.2, 0.25) is 0 Å². The minimum atomic E-state index is 0.0519. The summed E-state index contributed by atoms with van der Waals surface area (Å²) in [5.74, 6) is 1.48. The van der Waals surface area contributed by atoms with Crippen LogP contribution in [0.25, 0.3) is 0 Å². The largest absolute Gasteiger partial charge is 0.497 e. The highest BCUT2D eigenvalue weighted by Crippen LogP contribution is 2.30. The predicted molar refractivity (Wildman–Crippen MR) is 65.7 cm³/mol. The fourth-order valence-electron chi connectivity index (χ4n) is 2.06. The molecule has 0 unspecified atom stereocenters. The number of rotatable bonds is 4. The van der Waals surface area contributed by atoms with Crippen LogP contribution in [-0.2, 0) is 0 Å². The van der Waals surface area contributed by atoms with Crippen molar-refractivity contribution in [2.24, 2.45) is 5.92 Å². The van der Waals surface area contributed by atoms with E-state index in [1.165, 1.54) is 0 Å². The zero-order valence-electron chi connectivity index (χ0n) is 10.1. The van der Waals surface area contributed by atoms with Crippen molar-refractivity contribution in [2.75, 3.05) is 14.2 Å². The molecule has 0 radical (unpaired) electrons. The maximum absolute atomic E-state index is 12.3. The van der Waals surface area contributed by atoms with Crippen molar-refractivity contribution in [3.8, 4) is 11.5 Å². The highest BCUT2D eigenvalue weighted by Gasteiger charge is 2.23. The first-order chi connectivity index (χ1) is 8.26. The molecule has 0 saturated heterocycles. The summed E-state index contributed by atoms with van der Waals surface area (Å²) in [5.41, 5.74) is 0.612. The third-order valence-corrected chi connectivity index (χ3v) is 3.05. The van der Waals surface area contributed by atoms with Gasteiger partial charge in [0.2, 0.25) is 0 Å². The third kappa shape index (κ3) is 2.33. The maximum Gasteiger partial charge on any atom is 0.170 e. The van der Waals surface area contributed by atoms with Gasteiger partial charge in [-0.15, -0.1) is 0 Å². The Bertz CT molecular complexity index is 441. The van der Waals surface area contributed by atoms with Crippen LogP contribution >= 0.6 is 0 Å². The molecular formula is C14H16O3. The summed E-state index contributed by atoms with van der Waals surface area (Å²) in [6, 6.07) is 5.32. The minimum Gasteiger partial charge on any atom is -0.497 e. The second kappa shape index (κ2) is 5.04. The number of hydrogen-bond acceptors (Lipinski definition) is 3. The lowest BCUT2D eigenvalue weighted by Gasteiger charge is -2.13. The summed E-state index contributed by atoms with van der Waals surface area (Å²) < 4.78 is 10.4. The van der Waals surface area contributed by atoms with Crippen molar-refractivity contribution < 1.29 is 14.3 Å². The van der Waals surface area contributed by atoms with Gasteiger partial charge < -0.3 is 9.47 Å². The first-order valence-electron chi connectivity index (χ1n) is 5.67. The molecular weight excluding hydrogens is 216 g/mol. The van der Waals surface area contributed by atoms with Crippen molar-refractivity contribution in [3.63, 3.8) is 0 Å². The quantitative estimate of drug-likeness (QED) is 0.591. The van der Waals surface area contributed by atoms with Gasteiger partial charge in [0.15, 0.2) is 5.78 Å². The van der Waals surface area contributed by atoms with Crippen LogP contribution in [0.15, 0.2) is 30.4 Å². The third-order valence-electron chi connectivity index (χ3n) is 3.05. The van der Waals surface area contributed by atoms with E-state index >= 15 is 0 Å². The smallest absolute Gasteiger partial charge is 0.170 e. The molecule has 1 aromatic carbocycles. The summed E-state index contributed by atoms with van der Waals surface area (Å²) in [5, 5.41) is 0. The van der Waals surface area contributed by atoms with Crippen LogP contribution in [0.3, 0.4) is 0 Å². The average Bonchev–Trinajstić information content (AvgIpc) is 2.91. The van der Waals surface area contributed by atoms with Crippen LogP contribution in [0, 0.1) is 5.92 Å². The molecule has 0 N–H and O–H groups in total. The van der Waals surface area contributed by atoms with Crippen molar-refractivity contribution in [2.45, 2.75) is 12.8 Å². The van der Waals surface area contributed by atoms with E-state index in [4.69, 9.17) is 9.47 Å². The fourth-order valence-corrected chi connectivity index (χ4v) is 2.06. The molecule has 0 heterocycles. The summed E-state index contributed by atoms with van der Waals surface area (Å²) in [7, 11) is 3.17. The van der Waals surface area contributed by atoms with Crippen LogP contribution < -0.4 is 9.47 Å². The summed E-state index contributed by atoms with van der Waals surface area (Å²) in [6.45, 7) is 0. The van der Waals surface area contributed by atoms with Gasteiger partial charge in [0, 0.05) is 5.92 Å². The zero-order valence-corrected chi connectivity index (χ0v) is 10.1. The number of Topliss-reactive ketones (excluding diaryl/α,β-unsaturated/α-hetero) is 1. The van der Waals surface area contributed by atoms with E-state index in [2.05, 4.69) is 12.2 Å². The van der Waals surface area contributed by atoms with Crippen molar-refractivity contribution in [1.82, 2.24) is 0 Å². The average molecular weight is 232 g/mol. The number of benzene rings is 1. The molecule has 90 valence electrons. The molecule has 0 spiro atoms. The predicted octanol–water partition coefficient (Wildman–Crippen LogP) is 2.85. The molecule has 3 heteroatoms. The topological polar surface area (TPSA) is 35.5 Å². The van der Waals surface area contributed by atoms with Gasteiger partial charge in [0.1, 0.15) is 11.5 Å². The first kappa shape index (κ1) is 11.7. The number of carbonyl (C=O) groups is 1. The highest BCUT2D eigenvalue weighted by molar-refractivity contribution is 6.01. The van der Waals surface area contributed by atoms with Crippen LogP contribution in [0.4, 0.5) is 0 Å². The molecule has 17 heavy (non-hydrogen) atoms. The molecule has 0 bridgehead atoms. The molecule has 0 fully saturated rings. The molecule has 1 aliphatic carbocycles. The molecule has 0 saturated carbocycles. The molecule has 2 rings (SSSR count). The van der Waals surface area contributed by atoms with Gasteiger partial charge in [0.05, 0.1) is 19.8 Å². The SMILES string of the molecule is COc1ccc(OC)c(C(=O)C2CC=CC2)c1. The fraction of sp³-hybridized carbons (Fsp3) is 0.357. The lowest BCUT2D eigenvalue weighted by molar-refractivity contribution is 0.0923. The zero-order chi connectivity index (χ0) is 12.3. The number of ether oxygens (including phenoxy) is 2. The van der Waals surface area contributed by atoms with Crippen LogP contribution in [0.1, 0.15) is 23.2 Å². The van der Waals surface area contributed by atoms with Gasteiger partial charge in [-0.3, -0.25) is 4.79 Å². The molecule has 1 aliphatic rings. The summed E-state index contributed by atoms with van der Waals surface area (Å²) in [4.78, 5) is 12.3. The van der Waals surface area contributed by atoms with Crippen molar-refractivity contribution in [3.05, 3.63) is 35.9 Å². The van der Waals surface area contributed by atoms with Crippen LogP contribution in [-0.4, -0.2) is 20.0 Å². The number of ketones is 1. The molecule has 0 aromatic heterocycles. The van der Waals surface area contributed by atoms with E-state index in [1.807, 2.05) is 0 Å². The van der Waals surface area contributed by atoms with Gasteiger partial charge in [-0.1, -0.05) is 12.2 Å². The molecule has 1 aromatic rings. The lowest BCUT2D eigenvalue weighted by Crippen LogP contribution is -2.12. The number of methoxy groups -OCH3 is 2. The highest BCUT2D eigenvalue weighted by atomic mass is 16.5. The Morgan fingerprint density at radius 3 is 2.47 bits per heavy atom. The summed E-state index contributed by atoms with van der Waals surface area (Å²) >= 11 is 0. The Balaban J connectivity index is 2.31. The molecule has 0 atom stereocenters. The monoisotopic (exact) mass is 232 g/mol. The second-order valence-corrected chi connectivity index (χ2v) is 4.07. The Hall–Kier alpha value is -1.77. The van der Waals surface area contributed by atoms with Crippen molar-refractivity contribution in [1.29, 1.82) is 0 Å². The van der Waals surface area contributed by atoms with Gasteiger partial charge in [0.25, 0.3) is 0 Å². The van der Waals surface area contributed by atoms with Gasteiger partial charge in [-0.2, -0.15) is 0 Å². The van der Waals surface area contributed by atoms with Crippen LogP contribution in [0.5, 0.6) is 11.5 Å². The van der Waals surface area contributed by atoms with Gasteiger partial charge in [-0.25, -0.2) is 0 Å². The lowest BCUT2D eigenvalue weighted by atomic mass is 9.95. The van der Waals surface area contributed by atoms with Gasteiger partial charge in [-0.05, 0) is 31.0 Å². The minimum absolute atomic E-state index is 0.0519. The molecule has 0 aliphatic heterocycles. The second-order valence-electron chi connectivity index (χ2n) is 4.07. The van der Waals surface area contributed by atoms with Gasteiger partial charge >= 0.3 is 0 Å². The van der Waals surface area contributed by atoms with E-state index < -0.39 is 0 Å². The number of allylic oxidation sites excluding steroid dienone is 2. The van der Waals surface area contributed by atoms with Crippen molar-refractivity contribution >= 4 is 5.78 Å². The maximum atomic E-state index is 12.3. The summed E-state index contributed by atoms with van der Waals surface area (Å²) in [6.07, 6.45) is 5.74. The van der Waals surface area contributed by atoms with E-state index in [0.717, 1.165) is 12.8 Å². The van der Waals surface area contributed by atoms with E-state index in [0.29, 0.717) is 17.1 Å². The standard InChI is InChI=1S/C14H16O3/c1-16-11-7-8-13(17-2)12(9-11)14(15)10-5-3-4-6-10/h3-4,7-10H,5-6H2,1-2H3. The van der Waals surface area contributed by atoms with E-state index in [9.17, 15) is 4.79 Å². The Morgan fingerprint density at radius 2 is 1.88 bits per heavy atom. The number of hydrogen-bond donors (Lipinski definition) is 0. The van der Waals surface area contributed by atoms with E-state index in [-0.39, 0.29) is 11.7 Å². The Labute approximate surface area is 101 Å².